The van der Waals surface area contributed by atoms with E-state index in [4.69, 9.17) is 16.3 Å². The third-order valence-electron chi connectivity index (χ3n) is 2.20. The number of benzene rings is 1. The standard InChI is InChI=1S/C11H14ClNO3/c1-13(6-5-12)11(15)9-4-3-8(16-2)7-10(9)14/h3-4,7,14H,5-6H2,1-2H3. The van der Waals surface area contributed by atoms with Crippen molar-refractivity contribution < 1.29 is 14.6 Å². The van der Waals surface area contributed by atoms with Crippen molar-refractivity contribution in [3.8, 4) is 11.5 Å². The first-order valence-corrected chi connectivity index (χ1v) is 5.32. The second-order valence-corrected chi connectivity index (χ2v) is 3.68. The lowest BCUT2D eigenvalue weighted by molar-refractivity contribution is 0.0800. The number of amides is 1. The molecular formula is C11H14ClNO3. The van der Waals surface area contributed by atoms with Gasteiger partial charge >= 0.3 is 0 Å². The molecule has 1 N–H and O–H groups in total. The van der Waals surface area contributed by atoms with E-state index < -0.39 is 0 Å². The maximum Gasteiger partial charge on any atom is 0.257 e. The first kappa shape index (κ1) is 12.6. The molecule has 0 aliphatic heterocycles. The largest absolute Gasteiger partial charge is 0.507 e. The van der Waals surface area contributed by atoms with Gasteiger partial charge in [0.1, 0.15) is 11.5 Å². The van der Waals surface area contributed by atoms with Crippen LogP contribution in [0.3, 0.4) is 0 Å². The molecule has 0 atom stereocenters. The molecule has 0 radical (unpaired) electrons. The Kier molecular flexibility index (Phi) is 4.43. The van der Waals surface area contributed by atoms with Gasteiger partial charge in [-0.2, -0.15) is 0 Å². The predicted molar refractivity (Wildman–Crippen MR) is 62.3 cm³/mol. The minimum atomic E-state index is -0.263. The summed E-state index contributed by atoms with van der Waals surface area (Å²) >= 11 is 5.54. The number of carbonyl (C=O) groups excluding carboxylic acids is 1. The highest BCUT2D eigenvalue weighted by Crippen LogP contribution is 2.24. The fraction of sp³-hybridized carbons (Fsp3) is 0.364. The Morgan fingerprint density at radius 3 is 2.75 bits per heavy atom. The molecule has 16 heavy (non-hydrogen) atoms. The van der Waals surface area contributed by atoms with E-state index in [1.54, 1.807) is 13.1 Å². The molecule has 88 valence electrons. The molecule has 1 amide bonds. The van der Waals surface area contributed by atoms with Crippen LogP contribution in [-0.2, 0) is 0 Å². The van der Waals surface area contributed by atoms with Crippen LogP contribution in [0.25, 0.3) is 0 Å². The van der Waals surface area contributed by atoms with E-state index in [1.807, 2.05) is 0 Å². The first-order valence-electron chi connectivity index (χ1n) is 4.78. The van der Waals surface area contributed by atoms with Crippen molar-refractivity contribution in [3.05, 3.63) is 23.8 Å². The second kappa shape index (κ2) is 5.61. The summed E-state index contributed by atoms with van der Waals surface area (Å²) < 4.78 is 4.93. The summed E-state index contributed by atoms with van der Waals surface area (Å²) in [7, 11) is 3.13. The minimum Gasteiger partial charge on any atom is -0.507 e. The lowest BCUT2D eigenvalue weighted by Crippen LogP contribution is -2.28. The van der Waals surface area contributed by atoms with Crippen LogP contribution in [0.2, 0.25) is 0 Å². The van der Waals surface area contributed by atoms with Crippen LogP contribution >= 0.6 is 11.6 Å². The number of aromatic hydroxyl groups is 1. The number of hydrogen-bond donors (Lipinski definition) is 1. The average molecular weight is 244 g/mol. The van der Waals surface area contributed by atoms with Gasteiger partial charge in [-0.05, 0) is 12.1 Å². The maximum atomic E-state index is 11.8. The highest BCUT2D eigenvalue weighted by Gasteiger charge is 2.15. The summed E-state index contributed by atoms with van der Waals surface area (Å²) in [5.74, 6) is 0.514. The molecule has 0 saturated carbocycles. The summed E-state index contributed by atoms with van der Waals surface area (Å²) in [6.45, 7) is 0.436. The molecule has 1 aromatic rings. The van der Waals surface area contributed by atoms with Gasteiger partial charge in [0.2, 0.25) is 0 Å². The molecule has 0 saturated heterocycles. The number of phenolic OH excluding ortho intramolecular Hbond substituents is 1. The van der Waals surface area contributed by atoms with Crippen LogP contribution in [-0.4, -0.2) is 42.5 Å². The van der Waals surface area contributed by atoms with Crippen molar-refractivity contribution in [2.24, 2.45) is 0 Å². The lowest BCUT2D eigenvalue weighted by atomic mass is 10.1. The molecule has 0 fully saturated rings. The summed E-state index contributed by atoms with van der Waals surface area (Å²) in [5.41, 5.74) is 0.244. The quantitative estimate of drug-likeness (QED) is 0.819. The van der Waals surface area contributed by atoms with E-state index >= 15 is 0 Å². The van der Waals surface area contributed by atoms with Crippen molar-refractivity contribution in [2.45, 2.75) is 0 Å². The number of carbonyl (C=O) groups is 1. The molecular weight excluding hydrogens is 230 g/mol. The summed E-state index contributed by atoms with van der Waals surface area (Å²) in [6.07, 6.45) is 0. The number of alkyl halides is 1. The number of ether oxygens (including phenoxy) is 1. The average Bonchev–Trinajstić information content (AvgIpc) is 2.28. The van der Waals surface area contributed by atoms with Gasteiger partial charge in [0, 0.05) is 25.5 Å². The molecule has 0 aliphatic carbocycles. The molecule has 4 nitrogen and oxygen atoms in total. The van der Waals surface area contributed by atoms with Crippen LogP contribution in [0.1, 0.15) is 10.4 Å². The van der Waals surface area contributed by atoms with Crippen molar-refractivity contribution in [3.63, 3.8) is 0 Å². The number of methoxy groups -OCH3 is 1. The van der Waals surface area contributed by atoms with Crippen LogP contribution in [0.4, 0.5) is 0 Å². The molecule has 0 aromatic heterocycles. The van der Waals surface area contributed by atoms with E-state index in [-0.39, 0.29) is 17.2 Å². The third kappa shape index (κ3) is 2.79. The maximum absolute atomic E-state index is 11.8. The Bertz CT molecular complexity index is 381. The minimum absolute atomic E-state index is 0.0919. The fourth-order valence-corrected chi connectivity index (χ4v) is 1.51. The monoisotopic (exact) mass is 243 g/mol. The number of rotatable bonds is 4. The number of halogens is 1. The van der Waals surface area contributed by atoms with Gasteiger partial charge in [0.15, 0.2) is 0 Å². The van der Waals surface area contributed by atoms with Gasteiger partial charge in [0.05, 0.1) is 12.7 Å². The van der Waals surface area contributed by atoms with Crippen LogP contribution in [0.15, 0.2) is 18.2 Å². The molecule has 1 rings (SSSR count). The molecule has 0 spiro atoms. The zero-order valence-corrected chi connectivity index (χ0v) is 9.99. The smallest absolute Gasteiger partial charge is 0.257 e. The van der Waals surface area contributed by atoms with E-state index in [0.29, 0.717) is 18.2 Å². The molecule has 0 aliphatic rings. The highest BCUT2D eigenvalue weighted by molar-refractivity contribution is 6.18. The Morgan fingerprint density at radius 2 is 2.25 bits per heavy atom. The van der Waals surface area contributed by atoms with E-state index in [0.717, 1.165) is 0 Å². The van der Waals surface area contributed by atoms with Crippen molar-refractivity contribution >= 4 is 17.5 Å². The lowest BCUT2D eigenvalue weighted by Gasteiger charge is -2.16. The normalized spacial score (nSPS) is 9.94. The van der Waals surface area contributed by atoms with Crippen molar-refractivity contribution in [1.29, 1.82) is 0 Å². The zero-order valence-electron chi connectivity index (χ0n) is 9.24. The van der Waals surface area contributed by atoms with Crippen molar-refractivity contribution in [2.75, 3.05) is 26.6 Å². The van der Waals surface area contributed by atoms with Gasteiger partial charge in [-0.3, -0.25) is 4.79 Å². The summed E-state index contributed by atoms with van der Waals surface area (Å²) in [4.78, 5) is 13.3. The van der Waals surface area contributed by atoms with Gasteiger partial charge < -0.3 is 14.7 Å². The van der Waals surface area contributed by atoms with Gasteiger partial charge in [-0.1, -0.05) is 0 Å². The molecule has 0 heterocycles. The van der Waals surface area contributed by atoms with Crippen LogP contribution in [0, 0.1) is 0 Å². The molecule has 0 unspecified atom stereocenters. The summed E-state index contributed by atoms with van der Waals surface area (Å²) in [5, 5.41) is 9.65. The Hall–Kier alpha value is -1.42. The van der Waals surface area contributed by atoms with E-state index in [9.17, 15) is 9.90 Å². The zero-order chi connectivity index (χ0) is 12.1. The van der Waals surface area contributed by atoms with E-state index in [2.05, 4.69) is 0 Å². The summed E-state index contributed by atoms with van der Waals surface area (Å²) in [6, 6.07) is 4.56. The third-order valence-corrected chi connectivity index (χ3v) is 2.37. The van der Waals surface area contributed by atoms with Crippen LogP contribution in [0.5, 0.6) is 11.5 Å². The first-order chi connectivity index (χ1) is 7.60. The Morgan fingerprint density at radius 1 is 1.56 bits per heavy atom. The van der Waals surface area contributed by atoms with Gasteiger partial charge in [0.25, 0.3) is 5.91 Å². The molecule has 1 aromatic carbocycles. The predicted octanol–water partition coefficient (Wildman–Crippen LogP) is 1.71. The Labute approximate surface area is 99.4 Å². The molecule has 5 heteroatoms. The van der Waals surface area contributed by atoms with Gasteiger partial charge in [-0.15, -0.1) is 11.6 Å². The topological polar surface area (TPSA) is 49.8 Å². The highest BCUT2D eigenvalue weighted by atomic mass is 35.5. The number of hydrogen-bond acceptors (Lipinski definition) is 3. The molecule has 0 bridgehead atoms. The van der Waals surface area contributed by atoms with Gasteiger partial charge in [-0.25, -0.2) is 0 Å². The van der Waals surface area contributed by atoms with Crippen LogP contribution < -0.4 is 4.74 Å². The second-order valence-electron chi connectivity index (χ2n) is 3.30. The fourth-order valence-electron chi connectivity index (χ4n) is 1.25. The van der Waals surface area contributed by atoms with Crippen molar-refractivity contribution in [1.82, 2.24) is 4.90 Å². The Balaban J connectivity index is 2.91. The van der Waals surface area contributed by atoms with E-state index in [1.165, 1.54) is 24.1 Å². The number of phenols is 1. The SMILES string of the molecule is COc1ccc(C(=O)N(C)CCCl)c(O)c1. The number of nitrogens with zero attached hydrogens (tertiary/aromatic N) is 1.